The number of amides is 1. The van der Waals surface area contributed by atoms with Crippen molar-refractivity contribution in [3.63, 3.8) is 0 Å². The fraction of sp³-hybridized carbons (Fsp3) is 0.923. The highest BCUT2D eigenvalue weighted by molar-refractivity contribution is 7.88. The molecular formula is C13H24N2O3S. The second-order valence-electron chi connectivity index (χ2n) is 5.73. The van der Waals surface area contributed by atoms with Gasteiger partial charge in [-0.25, -0.2) is 8.42 Å². The summed E-state index contributed by atoms with van der Waals surface area (Å²) in [6.07, 6.45) is 8.45. The molecule has 0 bridgehead atoms. The summed E-state index contributed by atoms with van der Waals surface area (Å²) in [6.45, 7) is 0.834. The quantitative estimate of drug-likeness (QED) is 0.796. The molecule has 2 fully saturated rings. The molecule has 2 aliphatic rings. The summed E-state index contributed by atoms with van der Waals surface area (Å²) in [5.41, 5.74) is 0. The third kappa shape index (κ3) is 3.92. The Bertz CT molecular complexity index is 412. The van der Waals surface area contributed by atoms with Crippen LogP contribution in [-0.2, 0) is 14.8 Å². The van der Waals surface area contributed by atoms with Gasteiger partial charge in [0.1, 0.15) is 0 Å². The van der Waals surface area contributed by atoms with Gasteiger partial charge < -0.3 is 5.32 Å². The van der Waals surface area contributed by atoms with Gasteiger partial charge in [-0.1, -0.05) is 19.3 Å². The van der Waals surface area contributed by atoms with Gasteiger partial charge in [-0.05, 0) is 25.7 Å². The van der Waals surface area contributed by atoms with Crippen LogP contribution < -0.4 is 5.32 Å². The molecule has 0 aromatic rings. The van der Waals surface area contributed by atoms with Crippen molar-refractivity contribution in [1.82, 2.24) is 9.62 Å². The minimum atomic E-state index is -3.18. The van der Waals surface area contributed by atoms with E-state index >= 15 is 0 Å². The van der Waals surface area contributed by atoms with E-state index in [1.807, 2.05) is 0 Å². The molecule has 2 aliphatic carbocycles. The third-order valence-electron chi connectivity index (χ3n) is 4.27. The van der Waals surface area contributed by atoms with Gasteiger partial charge in [0.2, 0.25) is 15.9 Å². The standard InChI is InChI=1S/C13H24N2O3S/c1-19(17,18)15(12-7-2-3-8-12)10-9-14-13(16)11-5-4-6-11/h11-12H,2-10H2,1H3,(H,14,16). The lowest BCUT2D eigenvalue weighted by Crippen LogP contribution is -2.44. The van der Waals surface area contributed by atoms with Crippen molar-refractivity contribution >= 4 is 15.9 Å². The van der Waals surface area contributed by atoms with E-state index in [-0.39, 0.29) is 17.9 Å². The van der Waals surface area contributed by atoms with Crippen molar-refractivity contribution in [2.45, 2.75) is 51.0 Å². The van der Waals surface area contributed by atoms with Crippen molar-refractivity contribution in [2.75, 3.05) is 19.3 Å². The molecule has 0 aromatic carbocycles. The first-order valence-electron chi connectivity index (χ1n) is 7.23. The smallest absolute Gasteiger partial charge is 0.223 e. The van der Waals surface area contributed by atoms with Crippen molar-refractivity contribution in [1.29, 1.82) is 0 Å². The Kier molecular flexibility index (Phi) is 4.84. The molecule has 2 rings (SSSR count). The average molecular weight is 288 g/mol. The highest BCUT2D eigenvalue weighted by atomic mass is 32.2. The second kappa shape index (κ2) is 6.22. The van der Waals surface area contributed by atoms with Crippen LogP contribution in [0.15, 0.2) is 0 Å². The first-order chi connectivity index (χ1) is 8.98. The van der Waals surface area contributed by atoms with E-state index in [0.29, 0.717) is 13.1 Å². The van der Waals surface area contributed by atoms with Crippen LogP contribution in [0.25, 0.3) is 0 Å². The molecule has 0 radical (unpaired) electrons. The van der Waals surface area contributed by atoms with Crippen LogP contribution in [-0.4, -0.2) is 44.0 Å². The average Bonchev–Trinajstić information content (AvgIpc) is 2.72. The Labute approximate surface area is 115 Å². The van der Waals surface area contributed by atoms with Crippen LogP contribution in [0, 0.1) is 5.92 Å². The summed E-state index contributed by atoms with van der Waals surface area (Å²) < 4.78 is 25.2. The van der Waals surface area contributed by atoms with E-state index in [1.165, 1.54) is 6.26 Å². The van der Waals surface area contributed by atoms with Gasteiger partial charge in [0.05, 0.1) is 6.26 Å². The molecule has 0 saturated heterocycles. The van der Waals surface area contributed by atoms with E-state index < -0.39 is 10.0 Å². The van der Waals surface area contributed by atoms with Gasteiger partial charge in [-0.15, -0.1) is 0 Å². The van der Waals surface area contributed by atoms with E-state index in [4.69, 9.17) is 0 Å². The van der Waals surface area contributed by atoms with Gasteiger partial charge in [0, 0.05) is 25.0 Å². The summed E-state index contributed by atoms with van der Waals surface area (Å²) in [5, 5.41) is 2.87. The van der Waals surface area contributed by atoms with E-state index in [9.17, 15) is 13.2 Å². The highest BCUT2D eigenvalue weighted by Crippen LogP contribution is 2.26. The first kappa shape index (κ1) is 14.8. The van der Waals surface area contributed by atoms with Gasteiger partial charge in [-0.3, -0.25) is 4.79 Å². The fourth-order valence-corrected chi connectivity index (χ4v) is 4.09. The molecule has 5 nitrogen and oxygen atoms in total. The predicted molar refractivity (Wildman–Crippen MR) is 74.2 cm³/mol. The lowest BCUT2D eigenvalue weighted by molar-refractivity contribution is -0.127. The SMILES string of the molecule is CS(=O)(=O)N(CCNC(=O)C1CCC1)C1CCCC1. The molecule has 110 valence electrons. The number of hydrogen-bond donors (Lipinski definition) is 1. The zero-order valence-electron chi connectivity index (χ0n) is 11.6. The molecular weight excluding hydrogens is 264 g/mol. The Morgan fingerprint density at radius 3 is 2.26 bits per heavy atom. The third-order valence-corrected chi connectivity index (χ3v) is 5.60. The fourth-order valence-electron chi connectivity index (χ4n) is 2.92. The summed E-state index contributed by atoms with van der Waals surface area (Å²) >= 11 is 0. The number of carbonyl (C=O) groups excluding carboxylic acids is 1. The number of hydrogen-bond acceptors (Lipinski definition) is 3. The molecule has 0 heterocycles. The van der Waals surface area contributed by atoms with Crippen molar-refractivity contribution < 1.29 is 13.2 Å². The minimum Gasteiger partial charge on any atom is -0.355 e. The summed E-state index contributed by atoms with van der Waals surface area (Å²) in [6, 6.07) is 0.135. The number of nitrogens with one attached hydrogen (secondary N) is 1. The predicted octanol–water partition coefficient (Wildman–Crippen LogP) is 1.11. The maximum absolute atomic E-state index is 11.8. The first-order valence-corrected chi connectivity index (χ1v) is 9.08. The molecule has 19 heavy (non-hydrogen) atoms. The van der Waals surface area contributed by atoms with Crippen molar-refractivity contribution in [3.8, 4) is 0 Å². The Balaban J connectivity index is 1.81. The largest absolute Gasteiger partial charge is 0.355 e. The summed E-state index contributed by atoms with van der Waals surface area (Å²) in [7, 11) is -3.18. The van der Waals surface area contributed by atoms with Crippen LogP contribution in [0.3, 0.4) is 0 Å². The molecule has 1 N–H and O–H groups in total. The maximum Gasteiger partial charge on any atom is 0.223 e. The number of nitrogens with zero attached hydrogens (tertiary/aromatic N) is 1. The Morgan fingerprint density at radius 2 is 1.79 bits per heavy atom. The van der Waals surface area contributed by atoms with Crippen LogP contribution >= 0.6 is 0 Å². The van der Waals surface area contributed by atoms with Gasteiger partial charge in [-0.2, -0.15) is 4.31 Å². The molecule has 0 spiro atoms. The minimum absolute atomic E-state index is 0.0890. The van der Waals surface area contributed by atoms with Gasteiger partial charge in [0.15, 0.2) is 0 Å². The summed E-state index contributed by atoms with van der Waals surface area (Å²) in [4.78, 5) is 11.7. The van der Waals surface area contributed by atoms with Crippen LogP contribution in [0.5, 0.6) is 0 Å². The van der Waals surface area contributed by atoms with Crippen molar-refractivity contribution in [3.05, 3.63) is 0 Å². The lowest BCUT2D eigenvalue weighted by atomic mass is 9.85. The van der Waals surface area contributed by atoms with Crippen LogP contribution in [0.4, 0.5) is 0 Å². The molecule has 6 heteroatoms. The Hall–Kier alpha value is -0.620. The van der Waals surface area contributed by atoms with Gasteiger partial charge in [0.25, 0.3) is 0 Å². The normalized spacial score (nSPS) is 21.6. The second-order valence-corrected chi connectivity index (χ2v) is 7.67. The topological polar surface area (TPSA) is 66.5 Å². The highest BCUT2D eigenvalue weighted by Gasteiger charge is 2.29. The van der Waals surface area contributed by atoms with Crippen LogP contribution in [0.2, 0.25) is 0 Å². The van der Waals surface area contributed by atoms with Gasteiger partial charge >= 0.3 is 0 Å². The number of sulfonamides is 1. The monoisotopic (exact) mass is 288 g/mol. The Morgan fingerprint density at radius 1 is 1.16 bits per heavy atom. The maximum atomic E-state index is 11.8. The molecule has 0 unspecified atom stereocenters. The molecule has 0 atom stereocenters. The van der Waals surface area contributed by atoms with Crippen LogP contribution in [0.1, 0.15) is 44.9 Å². The molecule has 1 amide bonds. The lowest BCUT2D eigenvalue weighted by Gasteiger charge is -2.28. The van der Waals surface area contributed by atoms with E-state index in [2.05, 4.69) is 5.32 Å². The molecule has 2 saturated carbocycles. The number of rotatable bonds is 6. The zero-order valence-corrected chi connectivity index (χ0v) is 12.4. The molecule has 0 aliphatic heterocycles. The molecule has 0 aromatic heterocycles. The van der Waals surface area contributed by atoms with E-state index in [1.54, 1.807) is 4.31 Å². The summed E-state index contributed by atoms with van der Waals surface area (Å²) in [5.74, 6) is 0.254. The van der Waals surface area contributed by atoms with E-state index in [0.717, 1.165) is 44.9 Å². The zero-order chi connectivity index (χ0) is 13.9. The van der Waals surface area contributed by atoms with Crippen molar-refractivity contribution in [2.24, 2.45) is 5.92 Å². The number of carbonyl (C=O) groups is 1.